The zero-order chi connectivity index (χ0) is 9.52. The molecule has 0 aromatic carbocycles. The molecule has 4 nitrogen and oxygen atoms in total. The molecule has 0 aliphatic carbocycles. The first kappa shape index (κ1) is 10.5. The van der Waals surface area contributed by atoms with Gasteiger partial charge in [0.25, 0.3) is 0 Å². The minimum Gasteiger partial charge on any atom is -0.354 e. The van der Waals surface area contributed by atoms with Crippen molar-refractivity contribution in [3.63, 3.8) is 0 Å². The Bertz CT molecular complexity index is 178. The molecule has 2 atom stereocenters. The highest BCUT2D eigenvalue weighted by Gasteiger charge is 2.26. The van der Waals surface area contributed by atoms with Crippen LogP contribution in [0.25, 0.3) is 0 Å². The van der Waals surface area contributed by atoms with E-state index in [0.717, 1.165) is 12.8 Å². The lowest BCUT2D eigenvalue weighted by atomic mass is 10.2. The van der Waals surface area contributed by atoms with Crippen LogP contribution >= 0.6 is 0 Å². The average molecular weight is 185 g/mol. The number of rotatable bonds is 4. The van der Waals surface area contributed by atoms with Gasteiger partial charge in [-0.25, -0.2) is 0 Å². The second-order valence-corrected chi connectivity index (χ2v) is 2.98. The molecule has 0 aromatic heterocycles. The van der Waals surface area contributed by atoms with Gasteiger partial charge < -0.3 is 14.2 Å². The molecule has 1 fully saturated rings. The van der Waals surface area contributed by atoms with Gasteiger partial charge in [0.1, 0.15) is 12.7 Å². The molecular formula is C9H15NO3. The Balaban J connectivity index is 2.24. The zero-order valence-corrected chi connectivity index (χ0v) is 7.86. The molecule has 0 spiro atoms. The summed E-state index contributed by atoms with van der Waals surface area (Å²) in [6, 6.07) is 2.11. The summed E-state index contributed by atoms with van der Waals surface area (Å²) in [7, 11) is 0. The lowest BCUT2D eigenvalue weighted by Gasteiger charge is -2.26. The van der Waals surface area contributed by atoms with Gasteiger partial charge >= 0.3 is 0 Å². The fourth-order valence-corrected chi connectivity index (χ4v) is 1.09. The van der Waals surface area contributed by atoms with Gasteiger partial charge in [0.15, 0.2) is 6.29 Å². The molecule has 2 unspecified atom stereocenters. The molecule has 4 heteroatoms. The summed E-state index contributed by atoms with van der Waals surface area (Å²) in [4.78, 5) is 0. The van der Waals surface area contributed by atoms with Crippen LogP contribution in [-0.2, 0) is 14.2 Å². The summed E-state index contributed by atoms with van der Waals surface area (Å²) in [5.41, 5.74) is 0. The molecule has 13 heavy (non-hydrogen) atoms. The van der Waals surface area contributed by atoms with E-state index in [9.17, 15) is 0 Å². The van der Waals surface area contributed by atoms with Crippen molar-refractivity contribution in [2.24, 2.45) is 5.92 Å². The lowest BCUT2D eigenvalue weighted by Crippen LogP contribution is -2.35. The van der Waals surface area contributed by atoms with E-state index in [-0.39, 0.29) is 12.7 Å². The molecular weight excluding hydrogens is 170 g/mol. The number of unbranched alkanes of at least 4 members (excludes halogenated alkanes) is 1. The van der Waals surface area contributed by atoms with Crippen LogP contribution in [0.15, 0.2) is 0 Å². The van der Waals surface area contributed by atoms with Crippen LogP contribution in [0, 0.1) is 17.2 Å². The van der Waals surface area contributed by atoms with Crippen LogP contribution in [0.3, 0.4) is 0 Å². The molecule has 1 aliphatic heterocycles. The minimum atomic E-state index is -0.398. The minimum absolute atomic E-state index is 0.231. The number of nitriles is 1. The second-order valence-electron chi connectivity index (χ2n) is 2.98. The number of hydrogen-bond donors (Lipinski definition) is 0. The third-order valence-electron chi connectivity index (χ3n) is 1.89. The Hall–Kier alpha value is -0.630. The van der Waals surface area contributed by atoms with Gasteiger partial charge in [0.05, 0.1) is 12.7 Å². The SMILES string of the molecule is CCCCOC1OCOCC1C#N. The van der Waals surface area contributed by atoms with Gasteiger partial charge in [-0.2, -0.15) is 5.26 Å². The van der Waals surface area contributed by atoms with Crippen LogP contribution in [0.1, 0.15) is 19.8 Å². The van der Waals surface area contributed by atoms with Gasteiger partial charge in [-0.3, -0.25) is 0 Å². The Kier molecular flexibility index (Phi) is 4.76. The Morgan fingerprint density at radius 3 is 3.15 bits per heavy atom. The van der Waals surface area contributed by atoms with Crippen molar-refractivity contribution in [1.29, 1.82) is 5.26 Å². The standard InChI is InChI=1S/C9H15NO3/c1-2-3-4-12-9-8(5-10)6-11-7-13-9/h8-9H,2-4,6-7H2,1H3. The van der Waals surface area contributed by atoms with E-state index in [2.05, 4.69) is 13.0 Å². The van der Waals surface area contributed by atoms with Crippen LogP contribution in [0.2, 0.25) is 0 Å². The van der Waals surface area contributed by atoms with Gasteiger partial charge in [0, 0.05) is 6.61 Å². The molecule has 1 aliphatic rings. The first-order valence-corrected chi connectivity index (χ1v) is 4.59. The van der Waals surface area contributed by atoms with Gasteiger partial charge in [0.2, 0.25) is 0 Å². The fourth-order valence-electron chi connectivity index (χ4n) is 1.09. The van der Waals surface area contributed by atoms with Crippen LogP contribution in [-0.4, -0.2) is 26.3 Å². The van der Waals surface area contributed by atoms with Gasteiger partial charge in [-0.1, -0.05) is 13.3 Å². The highest BCUT2D eigenvalue weighted by molar-refractivity contribution is 4.86. The van der Waals surface area contributed by atoms with E-state index < -0.39 is 6.29 Å². The highest BCUT2D eigenvalue weighted by Crippen LogP contribution is 2.15. The molecule has 0 radical (unpaired) electrons. The second kappa shape index (κ2) is 5.92. The topological polar surface area (TPSA) is 51.5 Å². The van der Waals surface area contributed by atoms with Crippen molar-refractivity contribution in [1.82, 2.24) is 0 Å². The Morgan fingerprint density at radius 1 is 1.62 bits per heavy atom. The van der Waals surface area contributed by atoms with Gasteiger partial charge in [-0.05, 0) is 6.42 Å². The van der Waals surface area contributed by atoms with E-state index >= 15 is 0 Å². The summed E-state index contributed by atoms with van der Waals surface area (Å²) in [6.07, 6.45) is 1.68. The van der Waals surface area contributed by atoms with Crippen LogP contribution in [0.4, 0.5) is 0 Å². The van der Waals surface area contributed by atoms with E-state index in [1.165, 1.54) is 0 Å². The number of hydrogen-bond acceptors (Lipinski definition) is 4. The Morgan fingerprint density at radius 2 is 2.46 bits per heavy atom. The first-order chi connectivity index (χ1) is 6.38. The molecule has 0 N–H and O–H groups in total. The fraction of sp³-hybridized carbons (Fsp3) is 0.889. The van der Waals surface area contributed by atoms with Crippen molar-refractivity contribution < 1.29 is 14.2 Å². The molecule has 0 bridgehead atoms. The maximum absolute atomic E-state index is 8.73. The lowest BCUT2D eigenvalue weighted by molar-refractivity contribution is -0.253. The van der Waals surface area contributed by atoms with E-state index in [1.54, 1.807) is 0 Å². The zero-order valence-electron chi connectivity index (χ0n) is 7.86. The van der Waals surface area contributed by atoms with Crippen molar-refractivity contribution in [3.05, 3.63) is 0 Å². The summed E-state index contributed by atoms with van der Waals surface area (Å²) in [6.45, 7) is 3.39. The maximum atomic E-state index is 8.73. The van der Waals surface area contributed by atoms with E-state index in [0.29, 0.717) is 13.2 Å². The largest absolute Gasteiger partial charge is 0.354 e. The maximum Gasteiger partial charge on any atom is 0.178 e. The average Bonchev–Trinajstić information content (AvgIpc) is 2.19. The molecule has 1 heterocycles. The third-order valence-corrected chi connectivity index (χ3v) is 1.89. The molecule has 0 amide bonds. The smallest absolute Gasteiger partial charge is 0.178 e. The molecule has 1 saturated heterocycles. The third kappa shape index (κ3) is 3.31. The molecule has 0 aromatic rings. The normalized spacial score (nSPS) is 28.3. The van der Waals surface area contributed by atoms with Crippen molar-refractivity contribution in [3.8, 4) is 6.07 Å². The monoisotopic (exact) mass is 185 g/mol. The van der Waals surface area contributed by atoms with Crippen LogP contribution in [0.5, 0.6) is 0 Å². The number of nitrogens with zero attached hydrogens (tertiary/aromatic N) is 1. The molecule has 0 saturated carbocycles. The van der Waals surface area contributed by atoms with Crippen molar-refractivity contribution in [2.75, 3.05) is 20.0 Å². The number of ether oxygens (including phenoxy) is 3. The highest BCUT2D eigenvalue weighted by atomic mass is 16.8. The summed E-state index contributed by atoms with van der Waals surface area (Å²) in [5, 5.41) is 8.73. The first-order valence-electron chi connectivity index (χ1n) is 4.59. The summed E-state index contributed by atoms with van der Waals surface area (Å²) in [5.74, 6) is -0.286. The predicted molar refractivity (Wildman–Crippen MR) is 45.7 cm³/mol. The van der Waals surface area contributed by atoms with E-state index in [4.69, 9.17) is 19.5 Å². The van der Waals surface area contributed by atoms with Crippen molar-refractivity contribution >= 4 is 0 Å². The summed E-state index contributed by atoms with van der Waals surface area (Å²) >= 11 is 0. The Labute approximate surface area is 78.4 Å². The van der Waals surface area contributed by atoms with Crippen LogP contribution < -0.4 is 0 Å². The molecule has 1 rings (SSSR count). The quantitative estimate of drug-likeness (QED) is 0.619. The van der Waals surface area contributed by atoms with Crippen molar-refractivity contribution in [2.45, 2.75) is 26.1 Å². The predicted octanol–water partition coefficient (Wildman–Crippen LogP) is 1.27. The van der Waals surface area contributed by atoms with Gasteiger partial charge in [-0.15, -0.1) is 0 Å². The molecule has 74 valence electrons. The summed E-state index contributed by atoms with van der Waals surface area (Å²) < 4.78 is 15.5. The van der Waals surface area contributed by atoms with E-state index in [1.807, 2.05) is 0 Å².